The van der Waals surface area contributed by atoms with Crippen molar-refractivity contribution < 1.29 is 9.90 Å². The summed E-state index contributed by atoms with van der Waals surface area (Å²) in [7, 11) is 0. The number of nitrogens with zero attached hydrogens (tertiary/aromatic N) is 2. The number of rotatable bonds is 4. The zero-order valence-corrected chi connectivity index (χ0v) is 12.5. The fourth-order valence-corrected chi connectivity index (χ4v) is 2.55. The number of hydrogen-bond donors (Lipinski definition) is 2. The van der Waals surface area contributed by atoms with Crippen molar-refractivity contribution in [1.29, 1.82) is 0 Å². The summed E-state index contributed by atoms with van der Waals surface area (Å²) in [6, 6.07) is 0. The molecule has 1 aliphatic carbocycles. The molecule has 0 aliphatic heterocycles. The van der Waals surface area contributed by atoms with Crippen molar-refractivity contribution in [3.05, 3.63) is 22.7 Å². The van der Waals surface area contributed by atoms with Crippen molar-refractivity contribution in [3.63, 3.8) is 0 Å². The van der Waals surface area contributed by atoms with Crippen LogP contribution in [0, 0.1) is 5.92 Å². The second-order valence-corrected chi connectivity index (χ2v) is 6.03. The first kappa shape index (κ1) is 15.2. The van der Waals surface area contributed by atoms with Crippen LogP contribution in [0.5, 0.6) is 0 Å². The van der Waals surface area contributed by atoms with Crippen molar-refractivity contribution in [3.8, 4) is 0 Å². The highest BCUT2D eigenvalue weighted by molar-refractivity contribution is 6.33. The lowest BCUT2D eigenvalue weighted by atomic mass is 10.1. The van der Waals surface area contributed by atoms with E-state index in [1.54, 1.807) is 0 Å². The van der Waals surface area contributed by atoms with Crippen LogP contribution in [0.2, 0.25) is 5.02 Å². The maximum absolute atomic E-state index is 12.1. The lowest BCUT2D eigenvalue weighted by molar-refractivity contribution is 0.0939. The van der Waals surface area contributed by atoms with Crippen LogP contribution in [0.25, 0.3) is 0 Å². The quantitative estimate of drug-likeness (QED) is 0.893. The van der Waals surface area contributed by atoms with Gasteiger partial charge in [-0.3, -0.25) is 4.79 Å². The number of carbonyl (C=O) groups is 1. The van der Waals surface area contributed by atoms with Crippen LogP contribution in [-0.2, 0) is 0 Å². The van der Waals surface area contributed by atoms with Crippen LogP contribution in [0.15, 0.2) is 6.20 Å². The number of halogens is 1. The zero-order chi connectivity index (χ0) is 14.7. The van der Waals surface area contributed by atoms with E-state index in [2.05, 4.69) is 15.3 Å². The van der Waals surface area contributed by atoms with Crippen LogP contribution in [-0.4, -0.2) is 33.6 Å². The number of aliphatic hydroxyl groups is 1. The molecule has 20 heavy (non-hydrogen) atoms. The first-order valence-electron chi connectivity index (χ1n) is 6.96. The number of aliphatic hydroxyl groups excluding tert-OH is 1. The van der Waals surface area contributed by atoms with Gasteiger partial charge in [0.15, 0.2) is 0 Å². The SMILES string of the molecule is CC(C)c1ncc(Cl)c(C(=O)NCC2CCC(O)C2)n1. The third-order valence-electron chi connectivity index (χ3n) is 3.56. The highest BCUT2D eigenvalue weighted by atomic mass is 35.5. The molecule has 0 aromatic carbocycles. The molecule has 1 heterocycles. The summed E-state index contributed by atoms with van der Waals surface area (Å²) in [5.41, 5.74) is 0.226. The molecule has 110 valence electrons. The molecule has 2 atom stereocenters. The predicted molar refractivity (Wildman–Crippen MR) is 76.8 cm³/mol. The minimum absolute atomic E-state index is 0.142. The second kappa shape index (κ2) is 6.50. The van der Waals surface area contributed by atoms with E-state index in [4.69, 9.17) is 11.6 Å². The van der Waals surface area contributed by atoms with E-state index < -0.39 is 0 Å². The predicted octanol–water partition coefficient (Wildman–Crippen LogP) is 2.14. The Bertz CT molecular complexity index is 493. The first-order valence-corrected chi connectivity index (χ1v) is 7.34. The summed E-state index contributed by atoms with van der Waals surface area (Å²) in [5, 5.41) is 12.6. The maximum atomic E-state index is 12.1. The Morgan fingerprint density at radius 3 is 2.90 bits per heavy atom. The monoisotopic (exact) mass is 297 g/mol. The summed E-state index contributed by atoms with van der Waals surface area (Å²) >= 11 is 5.99. The van der Waals surface area contributed by atoms with E-state index in [1.165, 1.54) is 6.20 Å². The van der Waals surface area contributed by atoms with E-state index in [-0.39, 0.29) is 28.6 Å². The Balaban J connectivity index is 1.99. The van der Waals surface area contributed by atoms with Crippen LogP contribution in [0.3, 0.4) is 0 Å². The average Bonchev–Trinajstić information content (AvgIpc) is 2.82. The molecule has 5 nitrogen and oxygen atoms in total. The lowest BCUT2D eigenvalue weighted by Gasteiger charge is -2.12. The van der Waals surface area contributed by atoms with Gasteiger partial charge in [-0.2, -0.15) is 0 Å². The van der Waals surface area contributed by atoms with Gasteiger partial charge in [0.05, 0.1) is 17.3 Å². The highest BCUT2D eigenvalue weighted by Gasteiger charge is 2.24. The van der Waals surface area contributed by atoms with E-state index >= 15 is 0 Å². The van der Waals surface area contributed by atoms with Crippen LogP contribution in [0.1, 0.15) is 55.3 Å². The number of nitrogens with one attached hydrogen (secondary N) is 1. The van der Waals surface area contributed by atoms with Crippen molar-refractivity contribution in [2.24, 2.45) is 5.92 Å². The van der Waals surface area contributed by atoms with E-state index in [9.17, 15) is 9.90 Å². The van der Waals surface area contributed by atoms with Gasteiger partial charge in [-0.15, -0.1) is 0 Å². The van der Waals surface area contributed by atoms with Gasteiger partial charge >= 0.3 is 0 Å². The molecule has 1 aromatic rings. The second-order valence-electron chi connectivity index (χ2n) is 5.62. The molecule has 2 unspecified atom stereocenters. The fraction of sp³-hybridized carbons (Fsp3) is 0.643. The first-order chi connectivity index (χ1) is 9.47. The summed E-state index contributed by atoms with van der Waals surface area (Å²) in [4.78, 5) is 20.5. The summed E-state index contributed by atoms with van der Waals surface area (Å²) in [6.07, 6.45) is 3.74. The molecule has 1 amide bonds. The highest BCUT2D eigenvalue weighted by Crippen LogP contribution is 2.24. The van der Waals surface area contributed by atoms with Gasteiger partial charge in [0.1, 0.15) is 11.5 Å². The molecule has 1 saturated carbocycles. The molecule has 2 N–H and O–H groups in total. The lowest BCUT2D eigenvalue weighted by Crippen LogP contribution is -2.30. The Morgan fingerprint density at radius 1 is 1.55 bits per heavy atom. The maximum Gasteiger partial charge on any atom is 0.271 e. The summed E-state index contributed by atoms with van der Waals surface area (Å²) < 4.78 is 0. The van der Waals surface area contributed by atoms with Gasteiger partial charge in [0.25, 0.3) is 5.91 Å². The van der Waals surface area contributed by atoms with Crippen molar-refractivity contribution in [1.82, 2.24) is 15.3 Å². The minimum Gasteiger partial charge on any atom is -0.393 e. The Labute approximate surface area is 123 Å². The molecule has 6 heteroatoms. The average molecular weight is 298 g/mol. The van der Waals surface area contributed by atoms with Gasteiger partial charge in [0, 0.05) is 12.5 Å². The molecule has 0 bridgehead atoms. The molecular formula is C14H20ClN3O2. The number of amides is 1. The largest absolute Gasteiger partial charge is 0.393 e. The molecule has 2 rings (SSSR count). The standard InChI is InChI=1S/C14H20ClN3O2/c1-8(2)13-16-7-11(15)12(18-13)14(20)17-6-9-3-4-10(19)5-9/h7-10,19H,3-6H2,1-2H3,(H,17,20). The Morgan fingerprint density at radius 2 is 2.30 bits per heavy atom. The molecule has 0 spiro atoms. The van der Waals surface area contributed by atoms with Crippen molar-refractivity contribution >= 4 is 17.5 Å². The zero-order valence-electron chi connectivity index (χ0n) is 11.8. The molecule has 1 fully saturated rings. The minimum atomic E-state index is -0.277. The Hall–Kier alpha value is -1.20. The van der Waals surface area contributed by atoms with Gasteiger partial charge in [0.2, 0.25) is 0 Å². The molecule has 1 aliphatic rings. The third kappa shape index (κ3) is 3.67. The van der Waals surface area contributed by atoms with Crippen LogP contribution in [0.4, 0.5) is 0 Å². The topological polar surface area (TPSA) is 75.1 Å². The van der Waals surface area contributed by atoms with Gasteiger partial charge in [-0.25, -0.2) is 9.97 Å². The van der Waals surface area contributed by atoms with Crippen LogP contribution >= 0.6 is 11.6 Å². The third-order valence-corrected chi connectivity index (χ3v) is 3.84. The summed E-state index contributed by atoms with van der Waals surface area (Å²) in [5.74, 6) is 0.805. The van der Waals surface area contributed by atoms with Gasteiger partial charge in [-0.1, -0.05) is 25.4 Å². The molecule has 0 radical (unpaired) electrons. The molecule has 0 saturated heterocycles. The normalized spacial score (nSPS) is 22.2. The number of aromatic nitrogens is 2. The van der Waals surface area contributed by atoms with Crippen molar-refractivity contribution in [2.75, 3.05) is 6.54 Å². The fourth-order valence-electron chi connectivity index (χ4n) is 2.37. The van der Waals surface area contributed by atoms with E-state index in [0.29, 0.717) is 18.3 Å². The summed E-state index contributed by atoms with van der Waals surface area (Å²) in [6.45, 7) is 4.48. The number of hydrogen-bond acceptors (Lipinski definition) is 4. The number of carbonyl (C=O) groups excluding carboxylic acids is 1. The van der Waals surface area contributed by atoms with E-state index in [1.807, 2.05) is 13.8 Å². The molecule has 1 aromatic heterocycles. The Kier molecular flexibility index (Phi) is 4.94. The van der Waals surface area contributed by atoms with Gasteiger partial charge in [-0.05, 0) is 25.2 Å². The smallest absolute Gasteiger partial charge is 0.271 e. The van der Waals surface area contributed by atoms with Crippen LogP contribution < -0.4 is 5.32 Å². The van der Waals surface area contributed by atoms with E-state index in [0.717, 1.165) is 19.3 Å². The van der Waals surface area contributed by atoms with Gasteiger partial charge < -0.3 is 10.4 Å². The molecular weight excluding hydrogens is 278 g/mol. The van der Waals surface area contributed by atoms with Crippen molar-refractivity contribution in [2.45, 2.75) is 45.1 Å².